The van der Waals surface area contributed by atoms with E-state index in [1.165, 1.54) is 13.3 Å². The van der Waals surface area contributed by atoms with Crippen molar-refractivity contribution in [2.24, 2.45) is 5.10 Å². The van der Waals surface area contributed by atoms with Gasteiger partial charge in [-0.3, -0.25) is 4.79 Å². The highest BCUT2D eigenvalue weighted by atomic mass is 127. The molecule has 0 aromatic heterocycles. The maximum Gasteiger partial charge on any atom is 0.338 e. The molecule has 236 valence electrons. The second-order valence-corrected chi connectivity index (χ2v) is 12.3. The van der Waals surface area contributed by atoms with E-state index in [0.717, 1.165) is 24.0 Å². The van der Waals surface area contributed by atoms with E-state index in [0.29, 0.717) is 28.6 Å². The highest BCUT2D eigenvalue weighted by Crippen LogP contribution is 2.35. The number of nitrogens with one attached hydrogen (secondary N) is 3. The van der Waals surface area contributed by atoms with Crippen molar-refractivity contribution < 1.29 is 33.3 Å². The summed E-state index contributed by atoms with van der Waals surface area (Å²) in [6.07, 6.45) is 1.53. The first-order chi connectivity index (χ1) is 21.6. The van der Waals surface area contributed by atoms with E-state index in [4.69, 9.17) is 30.5 Å². The molecule has 0 spiro atoms. The predicted molar refractivity (Wildman–Crippen MR) is 186 cm³/mol. The van der Waals surface area contributed by atoms with E-state index in [-0.39, 0.29) is 24.5 Å². The number of benzene rings is 3. The van der Waals surface area contributed by atoms with Crippen molar-refractivity contribution in [2.45, 2.75) is 26.5 Å². The number of ether oxygens (including phenoxy) is 4. The average Bonchev–Trinajstić information content (AvgIpc) is 3.00. The zero-order valence-corrected chi connectivity index (χ0v) is 29.5. The number of esters is 1. The number of hydrogen-bond donors (Lipinski definition) is 3. The van der Waals surface area contributed by atoms with Crippen molar-refractivity contribution in [2.75, 3.05) is 20.3 Å². The summed E-state index contributed by atoms with van der Waals surface area (Å²) in [4.78, 5) is 37.2. The predicted octanol–water partition coefficient (Wildman–Crippen LogP) is 5.86. The lowest BCUT2D eigenvalue weighted by Gasteiger charge is -2.28. The van der Waals surface area contributed by atoms with Gasteiger partial charge in [0.2, 0.25) is 0 Å². The van der Waals surface area contributed by atoms with Crippen LogP contribution in [0.15, 0.2) is 71.0 Å². The third-order valence-corrected chi connectivity index (χ3v) is 8.22. The third-order valence-electron chi connectivity index (χ3n) is 6.36. The number of carbonyl (C=O) groups excluding carboxylic acids is 3. The maximum absolute atomic E-state index is 12.6. The zero-order valence-electron chi connectivity index (χ0n) is 24.4. The van der Waals surface area contributed by atoms with Gasteiger partial charge in [-0.15, -0.1) is 0 Å². The molecule has 0 fully saturated rings. The minimum Gasteiger partial charge on any atom is -0.493 e. The van der Waals surface area contributed by atoms with Gasteiger partial charge in [-0.25, -0.2) is 15.0 Å². The summed E-state index contributed by atoms with van der Waals surface area (Å²) in [5.41, 5.74) is 5.46. The monoisotopic (exact) mass is 858 g/mol. The Morgan fingerprint density at radius 1 is 1.04 bits per heavy atom. The van der Waals surface area contributed by atoms with Gasteiger partial charge in [-0.1, -0.05) is 29.8 Å². The van der Waals surface area contributed by atoms with Crippen molar-refractivity contribution >= 4 is 80.9 Å². The molecule has 45 heavy (non-hydrogen) atoms. The van der Waals surface area contributed by atoms with Crippen LogP contribution in [0.5, 0.6) is 17.2 Å². The van der Waals surface area contributed by atoms with E-state index in [1.54, 1.807) is 32.0 Å². The lowest BCUT2D eigenvalue weighted by Crippen LogP contribution is -2.45. The molecule has 0 saturated heterocycles. The van der Waals surface area contributed by atoms with Gasteiger partial charge in [0, 0.05) is 10.7 Å². The molecule has 0 aliphatic carbocycles. The minimum absolute atomic E-state index is 0.185. The molecule has 0 bridgehead atoms. The molecule has 3 amide bonds. The topological polar surface area (TPSA) is 137 Å². The number of methoxy groups -OCH3 is 1. The van der Waals surface area contributed by atoms with Crippen LogP contribution in [0.3, 0.4) is 0 Å². The Bertz CT molecular complexity index is 1620. The molecular formula is C31H29ClI2N4O7. The zero-order chi connectivity index (χ0) is 32.5. The van der Waals surface area contributed by atoms with Crippen LogP contribution in [0, 0.1) is 7.14 Å². The second kappa shape index (κ2) is 16.1. The van der Waals surface area contributed by atoms with Gasteiger partial charge in [0.15, 0.2) is 18.1 Å². The number of rotatable bonds is 12. The van der Waals surface area contributed by atoms with Crippen LogP contribution in [0.25, 0.3) is 0 Å². The van der Waals surface area contributed by atoms with E-state index < -0.39 is 23.9 Å². The summed E-state index contributed by atoms with van der Waals surface area (Å²) >= 11 is 10.3. The van der Waals surface area contributed by atoms with Crippen LogP contribution in [0.2, 0.25) is 5.02 Å². The number of carbonyl (C=O) groups is 3. The smallest absolute Gasteiger partial charge is 0.338 e. The van der Waals surface area contributed by atoms with Crippen LogP contribution in [-0.2, 0) is 20.9 Å². The number of amides is 3. The number of halogens is 3. The summed E-state index contributed by atoms with van der Waals surface area (Å²) < 4.78 is 24.1. The Labute approximate surface area is 292 Å². The Balaban J connectivity index is 1.35. The van der Waals surface area contributed by atoms with Gasteiger partial charge in [0.05, 0.1) is 38.7 Å². The number of hydrazone groups is 1. The van der Waals surface area contributed by atoms with Gasteiger partial charge in [-0.2, -0.15) is 5.10 Å². The summed E-state index contributed by atoms with van der Waals surface area (Å²) in [5, 5.41) is 10.1. The normalized spacial score (nSPS) is 14.4. The van der Waals surface area contributed by atoms with Crippen molar-refractivity contribution in [3.8, 4) is 17.2 Å². The number of urea groups is 1. The lowest BCUT2D eigenvalue weighted by molar-refractivity contribution is -0.139. The summed E-state index contributed by atoms with van der Waals surface area (Å²) in [6, 6.07) is 14.9. The summed E-state index contributed by atoms with van der Waals surface area (Å²) in [5.74, 6) is 0.314. The molecule has 1 aliphatic heterocycles. The first-order valence-corrected chi connectivity index (χ1v) is 16.1. The van der Waals surface area contributed by atoms with Gasteiger partial charge in [0.1, 0.15) is 12.4 Å². The highest BCUT2D eigenvalue weighted by molar-refractivity contribution is 14.1. The molecule has 0 radical (unpaired) electrons. The molecule has 1 aliphatic rings. The Morgan fingerprint density at radius 3 is 2.42 bits per heavy atom. The highest BCUT2D eigenvalue weighted by Gasteiger charge is 2.32. The first-order valence-electron chi connectivity index (χ1n) is 13.5. The molecule has 3 aromatic rings. The van der Waals surface area contributed by atoms with Crippen molar-refractivity contribution in [1.82, 2.24) is 16.1 Å². The average molecular weight is 859 g/mol. The SMILES string of the molecule is CCOC(=O)C1=C(C)NC(=O)N[C@H]1c1ccc(OCC(=O)N/N=C\c2cc(I)c(OCc3ccc(Cl)cc3)c(I)c2)c(OC)c1. The van der Waals surface area contributed by atoms with Crippen LogP contribution in [0.4, 0.5) is 4.79 Å². The fraction of sp³-hybridized carbons (Fsp3) is 0.226. The molecular weight excluding hydrogens is 830 g/mol. The van der Waals surface area contributed by atoms with Crippen LogP contribution in [-0.4, -0.2) is 44.4 Å². The van der Waals surface area contributed by atoms with Crippen molar-refractivity contribution in [1.29, 1.82) is 0 Å². The van der Waals surface area contributed by atoms with Crippen LogP contribution < -0.4 is 30.3 Å². The maximum atomic E-state index is 12.6. The van der Waals surface area contributed by atoms with Gasteiger partial charge in [-0.05, 0) is 112 Å². The molecule has 0 saturated carbocycles. The van der Waals surface area contributed by atoms with Gasteiger partial charge >= 0.3 is 12.0 Å². The van der Waals surface area contributed by atoms with E-state index in [2.05, 4.69) is 66.3 Å². The van der Waals surface area contributed by atoms with Crippen molar-refractivity contribution in [3.63, 3.8) is 0 Å². The molecule has 14 heteroatoms. The van der Waals surface area contributed by atoms with Crippen LogP contribution >= 0.6 is 56.8 Å². The Hall–Kier alpha value is -3.57. The van der Waals surface area contributed by atoms with E-state index in [1.807, 2.05) is 36.4 Å². The molecule has 4 rings (SSSR count). The first kappa shape index (κ1) is 34.3. The third kappa shape index (κ3) is 9.23. The Kier molecular flexibility index (Phi) is 12.3. The van der Waals surface area contributed by atoms with Gasteiger partial charge < -0.3 is 29.6 Å². The number of hydrogen-bond acceptors (Lipinski definition) is 8. The van der Waals surface area contributed by atoms with Crippen LogP contribution in [0.1, 0.15) is 36.6 Å². The second-order valence-electron chi connectivity index (χ2n) is 9.51. The molecule has 11 nitrogen and oxygen atoms in total. The molecule has 0 unspecified atom stereocenters. The molecule has 3 N–H and O–H groups in total. The summed E-state index contributed by atoms with van der Waals surface area (Å²) in [7, 11) is 1.45. The standard InChI is InChI=1S/C31H29ClI2N4O7/c1-4-43-30(40)27-17(2)36-31(41)37-28(27)20-7-10-24(25(13-20)42-3)44-16-26(39)38-35-14-19-11-22(33)29(23(34)12-19)45-15-18-5-8-21(32)9-6-18/h5-14,28H,4,15-16H2,1-3H3,(H,38,39)(H2,36,37,41)/b35-14-/t28-/m0/s1. The van der Waals surface area contributed by atoms with E-state index in [9.17, 15) is 14.4 Å². The fourth-order valence-electron chi connectivity index (χ4n) is 4.29. The van der Waals surface area contributed by atoms with Gasteiger partial charge in [0.25, 0.3) is 5.91 Å². The number of allylic oxidation sites excluding steroid dienone is 1. The Morgan fingerprint density at radius 2 is 1.76 bits per heavy atom. The molecule has 3 aromatic carbocycles. The minimum atomic E-state index is -0.770. The number of nitrogens with zero attached hydrogens (tertiary/aromatic N) is 1. The lowest BCUT2D eigenvalue weighted by atomic mass is 9.95. The fourth-order valence-corrected chi connectivity index (χ4v) is 6.54. The largest absolute Gasteiger partial charge is 0.493 e. The quantitative estimate of drug-likeness (QED) is 0.0900. The summed E-state index contributed by atoms with van der Waals surface area (Å²) in [6.45, 7) is 3.58. The van der Waals surface area contributed by atoms with E-state index >= 15 is 0 Å². The molecule has 1 heterocycles. The molecule has 1 atom stereocenters. The van der Waals surface area contributed by atoms with Crippen molar-refractivity contribution in [3.05, 3.63) is 94.7 Å².